The fraction of sp³-hybridized carbons (Fsp3) is 0.667. The maximum atomic E-state index is 5.25. The molecule has 1 N–H and O–H groups in total. The summed E-state index contributed by atoms with van der Waals surface area (Å²) in [5, 5.41) is 3.35. The van der Waals surface area contributed by atoms with Crippen LogP contribution in [-0.2, 0) is 4.74 Å². The topological polar surface area (TPSA) is 65.5 Å². The van der Waals surface area contributed by atoms with Gasteiger partial charge in [-0.1, -0.05) is 6.92 Å². The highest BCUT2D eigenvalue weighted by Gasteiger charge is 2.19. The third kappa shape index (κ3) is 3.82. The molecule has 18 heavy (non-hydrogen) atoms. The normalized spacial score (nSPS) is 12.2. The molecule has 0 aliphatic rings. The Hall–Kier alpha value is -1.40. The summed E-state index contributed by atoms with van der Waals surface area (Å²) in [6.07, 6.45) is 2.61. The molecule has 0 aliphatic heterocycles. The van der Waals surface area contributed by atoms with E-state index in [1.165, 1.54) is 0 Å². The second kappa shape index (κ2) is 7.84. The molecule has 102 valence electrons. The minimum Gasteiger partial charge on any atom is -0.480 e. The lowest BCUT2D eigenvalue weighted by atomic mass is 10.2. The SMILES string of the molecule is CCCNC(COC)c1ncc(OC)nc1OC. The Labute approximate surface area is 108 Å². The first-order valence-corrected chi connectivity index (χ1v) is 5.94. The lowest BCUT2D eigenvalue weighted by Crippen LogP contribution is -2.27. The highest BCUT2D eigenvalue weighted by atomic mass is 16.5. The van der Waals surface area contributed by atoms with E-state index in [2.05, 4.69) is 22.2 Å². The van der Waals surface area contributed by atoms with Crippen LogP contribution in [0, 0.1) is 0 Å². The van der Waals surface area contributed by atoms with E-state index < -0.39 is 0 Å². The monoisotopic (exact) mass is 255 g/mol. The number of aromatic nitrogens is 2. The quantitative estimate of drug-likeness (QED) is 0.752. The molecule has 1 aromatic heterocycles. The van der Waals surface area contributed by atoms with Gasteiger partial charge in [-0.3, -0.25) is 0 Å². The Morgan fingerprint density at radius 2 is 2.06 bits per heavy atom. The minimum absolute atomic E-state index is 0.0386. The van der Waals surface area contributed by atoms with Crippen LogP contribution in [0.3, 0.4) is 0 Å². The van der Waals surface area contributed by atoms with E-state index >= 15 is 0 Å². The van der Waals surface area contributed by atoms with E-state index in [4.69, 9.17) is 14.2 Å². The third-order valence-corrected chi connectivity index (χ3v) is 2.45. The minimum atomic E-state index is -0.0386. The van der Waals surface area contributed by atoms with Crippen LogP contribution in [0.25, 0.3) is 0 Å². The highest BCUT2D eigenvalue weighted by Crippen LogP contribution is 2.23. The van der Waals surface area contributed by atoms with Crippen LogP contribution in [0.4, 0.5) is 0 Å². The molecule has 0 aliphatic carbocycles. The lowest BCUT2D eigenvalue weighted by molar-refractivity contribution is 0.163. The fourth-order valence-corrected chi connectivity index (χ4v) is 1.57. The van der Waals surface area contributed by atoms with Crippen molar-refractivity contribution in [3.8, 4) is 11.8 Å². The molecule has 0 saturated carbocycles. The first-order valence-electron chi connectivity index (χ1n) is 5.94. The number of rotatable bonds is 8. The van der Waals surface area contributed by atoms with Crippen molar-refractivity contribution in [1.29, 1.82) is 0 Å². The van der Waals surface area contributed by atoms with E-state index in [0.29, 0.717) is 18.4 Å². The Morgan fingerprint density at radius 3 is 2.61 bits per heavy atom. The van der Waals surface area contributed by atoms with Gasteiger partial charge in [0.25, 0.3) is 0 Å². The van der Waals surface area contributed by atoms with Gasteiger partial charge in [-0.25, -0.2) is 4.98 Å². The summed E-state index contributed by atoms with van der Waals surface area (Å²) in [5.74, 6) is 0.891. The van der Waals surface area contributed by atoms with E-state index in [9.17, 15) is 0 Å². The first kappa shape index (κ1) is 14.7. The zero-order valence-corrected chi connectivity index (χ0v) is 11.4. The average molecular weight is 255 g/mol. The average Bonchev–Trinajstić information content (AvgIpc) is 2.42. The van der Waals surface area contributed by atoms with Crippen molar-refractivity contribution in [3.05, 3.63) is 11.9 Å². The predicted molar refractivity (Wildman–Crippen MR) is 68.0 cm³/mol. The van der Waals surface area contributed by atoms with Crippen LogP contribution in [0.5, 0.6) is 11.8 Å². The molecule has 0 fully saturated rings. The fourth-order valence-electron chi connectivity index (χ4n) is 1.57. The van der Waals surface area contributed by atoms with Crippen molar-refractivity contribution in [2.45, 2.75) is 19.4 Å². The van der Waals surface area contributed by atoms with Crippen molar-refractivity contribution in [2.24, 2.45) is 0 Å². The number of nitrogens with one attached hydrogen (secondary N) is 1. The van der Waals surface area contributed by atoms with Crippen LogP contribution < -0.4 is 14.8 Å². The molecule has 6 heteroatoms. The molecule has 1 atom stereocenters. The van der Waals surface area contributed by atoms with Crippen LogP contribution in [-0.4, -0.2) is 44.4 Å². The second-order valence-electron chi connectivity index (χ2n) is 3.77. The van der Waals surface area contributed by atoms with E-state index in [0.717, 1.165) is 18.7 Å². The number of hydrogen-bond acceptors (Lipinski definition) is 6. The van der Waals surface area contributed by atoms with Crippen molar-refractivity contribution >= 4 is 0 Å². The highest BCUT2D eigenvalue weighted by molar-refractivity contribution is 5.25. The second-order valence-corrected chi connectivity index (χ2v) is 3.77. The molecule has 0 amide bonds. The maximum absolute atomic E-state index is 5.25. The lowest BCUT2D eigenvalue weighted by Gasteiger charge is -2.18. The molecule has 1 unspecified atom stereocenters. The largest absolute Gasteiger partial charge is 0.480 e. The molecule has 1 heterocycles. The molecule has 0 aromatic carbocycles. The maximum Gasteiger partial charge on any atom is 0.240 e. The van der Waals surface area contributed by atoms with Gasteiger partial charge >= 0.3 is 0 Å². The van der Waals surface area contributed by atoms with Gasteiger partial charge in [0.2, 0.25) is 11.8 Å². The Balaban J connectivity index is 2.94. The van der Waals surface area contributed by atoms with Gasteiger partial charge in [-0.05, 0) is 13.0 Å². The van der Waals surface area contributed by atoms with Gasteiger partial charge in [0, 0.05) is 7.11 Å². The van der Waals surface area contributed by atoms with Gasteiger partial charge in [0.15, 0.2) is 0 Å². The van der Waals surface area contributed by atoms with Crippen LogP contribution >= 0.6 is 0 Å². The molecule has 0 spiro atoms. The Bertz CT molecular complexity index is 360. The summed E-state index contributed by atoms with van der Waals surface area (Å²) in [7, 11) is 4.77. The number of hydrogen-bond donors (Lipinski definition) is 1. The third-order valence-electron chi connectivity index (χ3n) is 2.45. The molecule has 1 rings (SSSR count). The molecular formula is C12H21N3O3. The molecule has 0 saturated heterocycles. The Morgan fingerprint density at radius 1 is 1.28 bits per heavy atom. The van der Waals surface area contributed by atoms with Crippen LogP contribution in [0.15, 0.2) is 6.20 Å². The van der Waals surface area contributed by atoms with Gasteiger partial charge < -0.3 is 19.5 Å². The number of ether oxygens (including phenoxy) is 3. The van der Waals surface area contributed by atoms with Gasteiger partial charge in [-0.15, -0.1) is 0 Å². The van der Waals surface area contributed by atoms with Gasteiger partial charge in [0.05, 0.1) is 33.1 Å². The zero-order valence-electron chi connectivity index (χ0n) is 11.4. The Kier molecular flexibility index (Phi) is 6.38. The predicted octanol–water partition coefficient (Wildman–Crippen LogP) is 1.18. The molecule has 1 aromatic rings. The summed E-state index contributed by atoms with van der Waals surface area (Å²) >= 11 is 0. The smallest absolute Gasteiger partial charge is 0.240 e. The number of methoxy groups -OCH3 is 3. The summed E-state index contributed by atoms with van der Waals surface area (Å²) in [6, 6.07) is -0.0386. The first-order chi connectivity index (χ1) is 8.76. The van der Waals surface area contributed by atoms with Crippen molar-refractivity contribution in [2.75, 3.05) is 34.5 Å². The van der Waals surface area contributed by atoms with E-state index in [-0.39, 0.29) is 6.04 Å². The summed E-state index contributed by atoms with van der Waals surface area (Å²) in [4.78, 5) is 8.56. The molecule has 0 bridgehead atoms. The summed E-state index contributed by atoms with van der Waals surface area (Å²) < 4.78 is 15.5. The van der Waals surface area contributed by atoms with Crippen molar-refractivity contribution in [1.82, 2.24) is 15.3 Å². The molecule has 6 nitrogen and oxygen atoms in total. The van der Waals surface area contributed by atoms with Crippen LogP contribution in [0.1, 0.15) is 25.1 Å². The summed E-state index contributed by atoms with van der Waals surface area (Å²) in [5.41, 5.74) is 0.730. The zero-order chi connectivity index (χ0) is 13.4. The molecular weight excluding hydrogens is 234 g/mol. The van der Waals surface area contributed by atoms with E-state index in [1.807, 2.05) is 0 Å². The van der Waals surface area contributed by atoms with Gasteiger partial charge in [-0.2, -0.15) is 4.98 Å². The van der Waals surface area contributed by atoms with E-state index in [1.54, 1.807) is 27.5 Å². The van der Waals surface area contributed by atoms with Gasteiger partial charge in [0.1, 0.15) is 5.69 Å². The summed E-state index contributed by atoms with van der Waals surface area (Å²) in [6.45, 7) is 3.50. The van der Waals surface area contributed by atoms with Crippen molar-refractivity contribution in [3.63, 3.8) is 0 Å². The number of nitrogens with zero attached hydrogens (tertiary/aromatic N) is 2. The van der Waals surface area contributed by atoms with Crippen LogP contribution in [0.2, 0.25) is 0 Å². The van der Waals surface area contributed by atoms with Crippen molar-refractivity contribution < 1.29 is 14.2 Å². The molecule has 0 radical (unpaired) electrons. The standard InChI is InChI=1S/C12H21N3O3/c1-5-6-13-9(8-16-2)11-12(18-4)15-10(17-3)7-14-11/h7,9,13H,5-6,8H2,1-4H3.